The van der Waals surface area contributed by atoms with Crippen molar-refractivity contribution in [3.8, 4) is 0 Å². The Morgan fingerprint density at radius 3 is 1.96 bits per heavy atom. The van der Waals surface area contributed by atoms with E-state index < -0.39 is 15.9 Å². The molecule has 1 heterocycles. The van der Waals surface area contributed by atoms with Crippen LogP contribution in [0.5, 0.6) is 0 Å². The SMILES string of the molecule is O=S1(=O)C[C@H](O)[C@H](NCCNC(c2ccccc2)c2ccccc2)C1. The molecule has 25 heavy (non-hydrogen) atoms. The number of rotatable bonds is 7. The Morgan fingerprint density at radius 1 is 0.920 bits per heavy atom. The van der Waals surface area contributed by atoms with Gasteiger partial charge in [-0.25, -0.2) is 8.42 Å². The third-order valence-electron chi connectivity index (χ3n) is 4.47. The summed E-state index contributed by atoms with van der Waals surface area (Å²) in [6.07, 6.45) is -0.816. The van der Waals surface area contributed by atoms with Gasteiger partial charge in [0.1, 0.15) is 0 Å². The summed E-state index contributed by atoms with van der Waals surface area (Å²) in [5.41, 5.74) is 2.36. The van der Waals surface area contributed by atoms with Crippen molar-refractivity contribution in [3.05, 3.63) is 71.8 Å². The van der Waals surface area contributed by atoms with Gasteiger partial charge in [0.05, 0.1) is 23.7 Å². The standard InChI is InChI=1S/C19H24N2O3S/c22-18-14-25(23,24)13-17(18)20-11-12-21-19(15-7-3-1-4-8-15)16-9-5-2-6-10-16/h1-10,17-22H,11-14H2/t17-,18+/m1/s1. The first-order chi connectivity index (χ1) is 12.1. The highest BCUT2D eigenvalue weighted by Gasteiger charge is 2.35. The number of aliphatic hydroxyl groups is 1. The van der Waals surface area contributed by atoms with Crippen LogP contribution in [0, 0.1) is 0 Å². The van der Waals surface area contributed by atoms with Gasteiger partial charge in [-0.15, -0.1) is 0 Å². The predicted molar refractivity (Wildman–Crippen MR) is 99.2 cm³/mol. The molecule has 1 fully saturated rings. The fourth-order valence-electron chi connectivity index (χ4n) is 3.22. The highest BCUT2D eigenvalue weighted by molar-refractivity contribution is 7.91. The van der Waals surface area contributed by atoms with Gasteiger partial charge in [-0.05, 0) is 11.1 Å². The summed E-state index contributed by atoms with van der Waals surface area (Å²) in [4.78, 5) is 0. The Morgan fingerprint density at radius 2 is 1.48 bits per heavy atom. The lowest BCUT2D eigenvalue weighted by Gasteiger charge is -2.21. The molecular formula is C19H24N2O3S. The molecule has 6 heteroatoms. The fourth-order valence-corrected chi connectivity index (χ4v) is 4.99. The van der Waals surface area contributed by atoms with E-state index in [0.717, 1.165) is 0 Å². The minimum atomic E-state index is -3.12. The zero-order valence-corrected chi connectivity index (χ0v) is 14.8. The Labute approximate surface area is 149 Å². The number of sulfone groups is 1. The maximum Gasteiger partial charge on any atom is 0.154 e. The molecule has 0 unspecified atom stereocenters. The number of benzene rings is 2. The second-order valence-corrected chi connectivity index (χ2v) is 8.57. The summed E-state index contributed by atoms with van der Waals surface area (Å²) in [6.45, 7) is 1.26. The molecule has 134 valence electrons. The van der Waals surface area contributed by atoms with E-state index in [-0.39, 0.29) is 23.6 Å². The number of hydrogen-bond acceptors (Lipinski definition) is 5. The summed E-state index contributed by atoms with van der Waals surface area (Å²) < 4.78 is 23.1. The van der Waals surface area contributed by atoms with E-state index in [1.165, 1.54) is 11.1 Å². The molecule has 5 nitrogen and oxygen atoms in total. The van der Waals surface area contributed by atoms with Crippen molar-refractivity contribution < 1.29 is 13.5 Å². The van der Waals surface area contributed by atoms with Crippen LogP contribution < -0.4 is 10.6 Å². The minimum Gasteiger partial charge on any atom is -0.390 e. The Bertz CT molecular complexity index is 726. The predicted octanol–water partition coefficient (Wildman–Crippen LogP) is 1.11. The lowest BCUT2D eigenvalue weighted by molar-refractivity contribution is 0.166. The van der Waals surface area contributed by atoms with Crippen molar-refractivity contribution >= 4 is 9.84 Å². The zero-order valence-electron chi connectivity index (χ0n) is 14.0. The molecule has 2 aromatic rings. The number of hydrogen-bond donors (Lipinski definition) is 3. The normalized spacial score (nSPS) is 22.3. The van der Waals surface area contributed by atoms with E-state index in [2.05, 4.69) is 34.9 Å². The number of aliphatic hydroxyl groups excluding tert-OH is 1. The summed E-state index contributed by atoms with van der Waals surface area (Å²) in [7, 11) is -3.12. The van der Waals surface area contributed by atoms with Crippen molar-refractivity contribution in [1.29, 1.82) is 0 Å². The summed E-state index contributed by atoms with van der Waals surface area (Å²) in [5, 5.41) is 16.5. The molecule has 0 amide bonds. The Balaban J connectivity index is 1.59. The second kappa shape index (κ2) is 8.10. The topological polar surface area (TPSA) is 78.4 Å². The van der Waals surface area contributed by atoms with E-state index in [9.17, 15) is 13.5 Å². The molecular weight excluding hydrogens is 336 g/mol. The van der Waals surface area contributed by atoms with E-state index >= 15 is 0 Å². The third kappa shape index (κ3) is 4.89. The first-order valence-corrected chi connectivity index (χ1v) is 10.3. The van der Waals surface area contributed by atoms with E-state index in [1.807, 2.05) is 36.4 Å². The Kier molecular flexibility index (Phi) is 5.86. The average Bonchev–Trinajstić information content (AvgIpc) is 2.88. The van der Waals surface area contributed by atoms with E-state index in [0.29, 0.717) is 13.1 Å². The van der Waals surface area contributed by atoms with Gasteiger partial charge in [-0.1, -0.05) is 60.7 Å². The van der Waals surface area contributed by atoms with Gasteiger partial charge >= 0.3 is 0 Å². The third-order valence-corrected chi connectivity index (χ3v) is 6.18. The molecule has 2 aromatic carbocycles. The van der Waals surface area contributed by atoms with Gasteiger partial charge in [0.15, 0.2) is 9.84 Å². The lowest BCUT2D eigenvalue weighted by Crippen LogP contribution is -2.42. The monoisotopic (exact) mass is 360 g/mol. The van der Waals surface area contributed by atoms with Crippen LogP contribution in [0.4, 0.5) is 0 Å². The molecule has 1 saturated heterocycles. The van der Waals surface area contributed by atoms with Crippen LogP contribution in [-0.4, -0.2) is 50.3 Å². The molecule has 2 atom stereocenters. The Hall–Kier alpha value is -1.73. The van der Waals surface area contributed by atoms with Gasteiger partial charge in [0, 0.05) is 19.1 Å². The molecule has 0 aliphatic carbocycles. The van der Waals surface area contributed by atoms with Crippen LogP contribution in [0.1, 0.15) is 17.2 Å². The maximum atomic E-state index is 11.5. The zero-order chi connectivity index (χ0) is 17.7. The van der Waals surface area contributed by atoms with Gasteiger partial charge in [-0.2, -0.15) is 0 Å². The molecule has 1 aliphatic rings. The quantitative estimate of drug-likeness (QED) is 0.645. The average molecular weight is 360 g/mol. The maximum absolute atomic E-state index is 11.5. The van der Waals surface area contributed by atoms with Gasteiger partial charge < -0.3 is 15.7 Å². The summed E-state index contributed by atoms with van der Waals surface area (Å²) in [6, 6.07) is 20.1. The molecule has 0 saturated carbocycles. The number of nitrogens with one attached hydrogen (secondary N) is 2. The summed E-state index contributed by atoms with van der Waals surface area (Å²) >= 11 is 0. The highest BCUT2D eigenvalue weighted by atomic mass is 32.2. The summed E-state index contributed by atoms with van der Waals surface area (Å²) in [5.74, 6) is -0.135. The van der Waals surface area contributed by atoms with Crippen molar-refractivity contribution in [2.45, 2.75) is 18.2 Å². The van der Waals surface area contributed by atoms with Crippen LogP contribution in [0.15, 0.2) is 60.7 Å². The molecule has 0 aromatic heterocycles. The molecule has 0 spiro atoms. The van der Waals surface area contributed by atoms with Gasteiger partial charge in [0.25, 0.3) is 0 Å². The van der Waals surface area contributed by atoms with Crippen molar-refractivity contribution in [3.63, 3.8) is 0 Å². The van der Waals surface area contributed by atoms with Crippen molar-refractivity contribution in [2.24, 2.45) is 0 Å². The lowest BCUT2D eigenvalue weighted by atomic mass is 9.99. The first-order valence-electron chi connectivity index (χ1n) is 8.50. The van der Waals surface area contributed by atoms with Crippen molar-refractivity contribution in [2.75, 3.05) is 24.6 Å². The largest absolute Gasteiger partial charge is 0.390 e. The van der Waals surface area contributed by atoms with E-state index in [1.54, 1.807) is 0 Å². The van der Waals surface area contributed by atoms with Crippen LogP contribution in [0.3, 0.4) is 0 Å². The van der Waals surface area contributed by atoms with Crippen LogP contribution in [0.25, 0.3) is 0 Å². The van der Waals surface area contributed by atoms with Crippen LogP contribution in [0.2, 0.25) is 0 Å². The van der Waals surface area contributed by atoms with Crippen LogP contribution >= 0.6 is 0 Å². The second-order valence-electron chi connectivity index (χ2n) is 6.41. The van der Waals surface area contributed by atoms with Gasteiger partial charge in [-0.3, -0.25) is 0 Å². The molecule has 1 aliphatic heterocycles. The minimum absolute atomic E-state index is 0.00889. The fraction of sp³-hybridized carbons (Fsp3) is 0.368. The van der Waals surface area contributed by atoms with Crippen LogP contribution in [-0.2, 0) is 9.84 Å². The molecule has 3 rings (SSSR count). The van der Waals surface area contributed by atoms with E-state index in [4.69, 9.17) is 0 Å². The molecule has 3 N–H and O–H groups in total. The van der Waals surface area contributed by atoms with Crippen molar-refractivity contribution in [1.82, 2.24) is 10.6 Å². The molecule has 0 bridgehead atoms. The first kappa shape index (κ1) is 18.1. The van der Waals surface area contributed by atoms with Gasteiger partial charge in [0.2, 0.25) is 0 Å². The highest BCUT2D eigenvalue weighted by Crippen LogP contribution is 2.21. The smallest absolute Gasteiger partial charge is 0.154 e. The molecule has 0 radical (unpaired) electrons.